The van der Waals surface area contributed by atoms with Crippen molar-refractivity contribution in [2.24, 2.45) is 5.92 Å². The first-order chi connectivity index (χ1) is 19.3. The number of non-ortho nitro benzene ring substituents is 1. The fraction of sp³-hybridized carbons (Fsp3) is 0.556. The predicted octanol–water partition coefficient (Wildman–Crippen LogP) is 3.71. The minimum Gasteiger partial charge on any atom is -0.368 e. The van der Waals surface area contributed by atoms with Crippen molar-refractivity contribution in [2.75, 3.05) is 61.4 Å². The van der Waals surface area contributed by atoms with Gasteiger partial charge in [-0.2, -0.15) is 0 Å². The van der Waals surface area contributed by atoms with E-state index in [1.807, 2.05) is 9.80 Å². The van der Waals surface area contributed by atoms with Crippen molar-refractivity contribution >= 4 is 52.4 Å². The van der Waals surface area contributed by atoms with Gasteiger partial charge in [-0.05, 0) is 31.9 Å². The van der Waals surface area contributed by atoms with Crippen molar-refractivity contribution in [1.29, 1.82) is 0 Å². The summed E-state index contributed by atoms with van der Waals surface area (Å²) >= 11 is 7.61. The number of hydrogen-bond acceptors (Lipinski definition) is 9. The van der Waals surface area contributed by atoms with Crippen LogP contribution in [0.4, 0.5) is 17.2 Å². The first-order valence-corrected chi connectivity index (χ1v) is 15.1. The lowest BCUT2D eigenvalue weighted by Crippen LogP contribution is -2.55. The molecule has 1 aliphatic carbocycles. The molecule has 0 spiro atoms. The van der Waals surface area contributed by atoms with Crippen LogP contribution in [-0.4, -0.2) is 94.1 Å². The third-order valence-corrected chi connectivity index (χ3v) is 9.01. The Morgan fingerprint density at radius 2 is 1.70 bits per heavy atom. The number of carbonyl (C=O) groups excluding carboxylic acids is 2. The van der Waals surface area contributed by atoms with E-state index in [2.05, 4.69) is 21.7 Å². The van der Waals surface area contributed by atoms with Gasteiger partial charge in [0.25, 0.3) is 5.69 Å². The Balaban J connectivity index is 1.12. The number of nitro groups is 1. The van der Waals surface area contributed by atoms with Crippen LogP contribution in [0, 0.1) is 16.0 Å². The highest BCUT2D eigenvalue weighted by Gasteiger charge is 2.33. The summed E-state index contributed by atoms with van der Waals surface area (Å²) in [7, 11) is 0. The first-order valence-electron chi connectivity index (χ1n) is 13.8. The van der Waals surface area contributed by atoms with Crippen LogP contribution in [0.15, 0.2) is 35.5 Å². The number of halogens is 1. The van der Waals surface area contributed by atoms with Gasteiger partial charge in [0.1, 0.15) is 11.0 Å². The molecule has 0 radical (unpaired) electrons. The zero-order valence-corrected chi connectivity index (χ0v) is 24.1. The zero-order chi connectivity index (χ0) is 28.2. The Hall–Kier alpha value is -3.12. The van der Waals surface area contributed by atoms with Crippen molar-refractivity contribution in [1.82, 2.24) is 19.8 Å². The highest BCUT2D eigenvalue weighted by Crippen LogP contribution is 2.29. The molecule has 3 fully saturated rings. The molecule has 2 amide bonds. The van der Waals surface area contributed by atoms with E-state index in [0.717, 1.165) is 31.4 Å². The molecule has 1 aromatic heterocycles. The van der Waals surface area contributed by atoms with E-state index in [1.54, 1.807) is 18.2 Å². The van der Waals surface area contributed by atoms with Crippen molar-refractivity contribution in [3.8, 4) is 0 Å². The molecule has 2 aliphatic heterocycles. The maximum atomic E-state index is 13.0. The van der Waals surface area contributed by atoms with Crippen LogP contribution in [0.3, 0.4) is 0 Å². The molecule has 40 heavy (non-hydrogen) atoms. The topological polar surface area (TPSA) is 116 Å². The summed E-state index contributed by atoms with van der Waals surface area (Å²) in [6.45, 7) is 6.53. The summed E-state index contributed by atoms with van der Waals surface area (Å²) in [6, 6.07) is 8.31. The van der Waals surface area contributed by atoms with E-state index in [4.69, 9.17) is 16.6 Å². The molecule has 2 aromatic rings. The second kappa shape index (κ2) is 12.6. The number of aromatic nitrogens is 2. The van der Waals surface area contributed by atoms with E-state index in [0.29, 0.717) is 61.9 Å². The number of carbonyl (C=O) groups is 2. The van der Waals surface area contributed by atoms with Crippen LogP contribution in [-0.2, 0) is 9.59 Å². The average molecular weight is 588 g/mol. The van der Waals surface area contributed by atoms with Gasteiger partial charge in [0.15, 0.2) is 5.16 Å². The Morgan fingerprint density at radius 3 is 2.35 bits per heavy atom. The molecule has 5 rings (SSSR count). The molecule has 1 saturated carbocycles. The third kappa shape index (κ3) is 6.60. The van der Waals surface area contributed by atoms with E-state index >= 15 is 0 Å². The van der Waals surface area contributed by atoms with Gasteiger partial charge in [-0.3, -0.25) is 19.7 Å². The number of benzene rings is 1. The molecule has 3 heterocycles. The third-order valence-electron chi connectivity index (χ3n) is 7.98. The van der Waals surface area contributed by atoms with Crippen LogP contribution in [0.25, 0.3) is 0 Å². The molecule has 214 valence electrons. The maximum absolute atomic E-state index is 13.0. The van der Waals surface area contributed by atoms with Crippen molar-refractivity contribution in [2.45, 2.75) is 43.8 Å². The summed E-state index contributed by atoms with van der Waals surface area (Å²) in [5, 5.41) is 11.7. The largest absolute Gasteiger partial charge is 0.368 e. The molecule has 2 saturated heterocycles. The Bertz CT molecular complexity index is 1240. The lowest BCUT2D eigenvalue weighted by atomic mass is 10.0. The molecule has 1 aromatic carbocycles. The van der Waals surface area contributed by atoms with Gasteiger partial charge >= 0.3 is 0 Å². The van der Waals surface area contributed by atoms with Crippen LogP contribution < -0.4 is 9.80 Å². The van der Waals surface area contributed by atoms with Gasteiger partial charge in [-0.1, -0.05) is 36.2 Å². The summed E-state index contributed by atoms with van der Waals surface area (Å²) in [4.78, 5) is 53.5. The van der Waals surface area contributed by atoms with Gasteiger partial charge in [0.05, 0.1) is 10.7 Å². The van der Waals surface area contributed by atoms with Crippen LogP contribution in [0.1, 0.15) is 32.6 Å². The second-order valence-electron chi connectivity index (χ2n) is 10.6. The van der Waals surface area contributed by atoms with Crippen molar-refractivity contribution < 1.29 is 14.5 Å². The number of nitrogens with zero attached hydrogens (tertiary/aromatic N) is 7. The fourth-order valence-corrected chi connectivity index (χ4v) is 6.71. The van der Waals surface area contributed by atoms with E-state index in [1.165, 1.54) is 23.9 Å². The average Bonchev–Trinajstić information content (AvgIpc) is 3.51. The lowest BCUT2D eigenvalue weighted by Gasteiger charge is -2.41. The van der Waals surface area contributed by atoms with Gasteiger partial charge in [0.2, 0.25) is 11.8 Å². The minimum absolute atomic E-state index is 0.00568. The Kier molecular flexibility index (Phi) is 8.94. The quantitative estimate of drug-likeness (QED) is 0.157. The second-order valence-corrected chi connectivity index (χ2v) is 11.9. The molecular weight excluding hydrogens is 554 g/mol. The number of amides is 2. The summed E-state index contributed by atoms with van der Waals surface area (Å²) in [5.74, 6) is 1.39. The standard InChI is InChI=1S/C27H34ClN7O4S/c1-19-17-33(14-15-34(19)26(37)20-4-2-3-5-20)24-16-23(28)29-27(30-24)40-18-25(36)32-12-10-31(11-13-32)21-6-8-22(9-7-21)35(38)39/h6-9,16,19-20H,2-5,10-15,17-18H2,1H3. The summed E-state index contributed by atoms with van der Waals surface area (Å²) < 4.78 is 0. The number of nitro benzene ring substituents is 1. The number of rotatable bonds is 7. The molecule has 1 atom stereocenters. The highest BCUT2D eigenvalue weighted by molar-refractivity contribution is 7.99. The van der Waals surface area contributed by atoms with Crippen molar-refractivity contribution in [3.63, 3.8) is 0 Å². The Labute approximate surface area is 243 Å². The predicted molar refractivity (Wildman–Crippen MR) is 155 cm³/mol. The van der Waals surface area contributed by atoms with Gasteiger partial charge in [-0.15, -0.1) is 0 Å². The number of hydrogen-bond donors (Lipinski definition) is 0. The molecule has 0 N–H and O–H groups in total. The highest BCUT2D eigenvalue weighted by atomic mass is 35.5. The molecule has 11 nitrogen and oxygen atoms in total. The van der Waals surface area contributed by atoms with Gasteiger partial charge in [-0.25, -0.2) is 9.97 Å². The van der Waals surface area contributed by atoms with Crippen LogP contribution in [0.5, 0.6) is 0 Å². The van der Waals surface area contributed by atoms with E-state index in [9.17, 15) is 19.7 Å². The zero-order valence-electron chi connectivity index (χ0n) is 22.6. The molecule has 1 unspecified atom stereocenters. The summed E-state index contributed by atoms with van der Waals surface area (Å²) in [5.41, 5.74) is 0.970. The molecule has 3 aliphatic rings. The smallest absolute Gasteiger partial charge is 0.269 e. The van der Waals surface area contributed by atoms with Gasteiger partial charge < -0.3 is 19.6 Å². The number of piperazine rings is 2. The number of thioether (sulfide) groups is 1. The van der Waals surface area contributed by atoms with Crippen molar-refractivity contribution in [3.05, 3.63) is 45.6 Å². The normalized spacial score (nSPS) is 20.2. The molecule has 13 heteroatoms. The minimum atomic E-state index is -0.411. The Morgan fingerprint density at radius 1 is 1.02 bits per heavy atom. The van der Waals surface area contributed by atoms with E-state index in [-0.39, 0.29) is 35.2 Å². The molecule has 0 bridgehead atoms. The van der Waals surface area contributed by atoms with E-state index < -0.39 is 4.92 Å². The maximum Gasteiger partial charge on any atom is 0.269 e. The fourth-order valence-electron chi connectivity index (χ4n) is 5.73. The van der Waals surface area contributed by atoms with Crippen LogP contribution in [0.2, 0.25) is 5.15 Å². The SMILES string of the molecule is CC1CN(c2cc(Cl)nc(SCC(=O)N3CCN(c4ccc([N+](=O)[O-])cc4)CC3)n2)CCN1C(=O)C1CCCC1. The lowest BCUT2D eigenvalue weighted by molar-refractivity contribution is -0.384. The number of anilines is 2. The first kappa shape index (κ1) is 28.4. The monoisotopic (exact) mass is 587 g/mol. The van der Waals surface area contributed by atoms with Crippen LogP contribution >= 0.6 is 23.4 Å². The molecular formula is C27H34ClN7O4S. The summed E-state index contributed by atoms with van der Waals surface area (Å²) in [6.07, 6.45) is 4.29. The van der Waals surface area contributed by atoms with Gasteiger partial charge in [0, 0.05) is 81.7 Å².